The molecular weight excluding hydrogens is 332 g/mol. The second kappa shape index (κ2) is 9.64. The summed E-state index contributed by atoms with van der Waals surface area (Å²) in [4.78, 5) is 23.4. The molecule has 0 spiro atoms. The van der Waals surface area contributed by atoms with E-state index in [4.69, 9.17) is 14.7 Å². The predicted octanol–water partition coefficient (Wildman–Crippen LogP) is 2.44. The highest BCUT2D eigenvalue weighted by atomic mass is 16.5. The molecule has 0 radical (unpaired) electrons. The van der Waals surface area contributed by atoms with Crippen LogP contribution >= 0.6 is 0 Å². The molecule has 1 amide bonds. The summed E-state index contributed by atoms with van der Waals surface area (Å²) >= 11 is 0. The van der Waals surface area contributed by atoms with Crippen LogP contribution in [0.2, 0.25) is 0 Å². The van der Waals surface area contributed by atoms with Crippen molar-refractivity contribution in [3.8, 4) is 11.8 Å². The van der Waals surface area contributed by atoms with E-state index in [1.807, 2.05) is 18.2 Å². The number of nitrogens with zero attached hydrogens (tertiary/aromatic N) is 1. The van der Waals surface area contributed by atoms with Gasteiger partial charge in [0.05, 0.1) is 18.7 Å². The minimum atomic E-state index is -0.617. The monoisotopic (exact) mass is 350 g/mol. The van der Waals surface area contributed by atoms with Gasteiger partial charge >= 0.3 is 5.97 Å². The number of carbonyl (C=O) groups excluding carboxylic acids is 2. The number of hydrogen-bond acceptors (Lipinski definition) is 5. The first-order chi connectivity index (χ1) is 12.6. The predicted molar refractivity (Wildman–Crippen MR) is 96.0 cm³/mol. The quantitative estimate of drug-likeness (QED) is 0.612. The van der Waals surface area contributed by atoms with Crippen LogP contribution in [0, 0.1) is 11.3 Å². The average molecular weight is 350 g/mol. The van der Waals surface area contributed by atoms with Crippen molar-refractivity contribution in [1.29, 1.82) is 5.26 Å². The molecule has 2 aromatic carbocycles. The zero-order valence-corrected chi connectivity index (χ0v) is 14.3. The van der Waals surface area contributed by atoms with Gasteiger partial charge in [-0.15, -0.1) is 0 Å². The van der Waals surface area contributed by atoms with Gasteiger partial charge in [0, 0.05) is 12.6 Å². The molecule has 6 heteroatoms. The Morgan fingerprint density at radius 2 is 1.81 bits per heavy atom. The zero-order valence-electron chi connectivity index (χ0n) is 14.3. The third-order valence-electron chi connectivity index (χ3n) is 3.45. The summed E-state index contributed by atoms with van der Waals surface area (Å²) in [6.07, 6.45) is 2.79. The number of esters is 1. The normalized spacial score (nSPS) is 10.2. The smallest absolute Gasteiger partial charge is 0.331 e. The van der Waals surface area contributed by atoms with E-state index in [9.17, 15) is 9.59 Å². The highest BCUT2D eigenvalue weighted by Crippen LogP contribution is 2.10. The van der Waals surface area contributed by atoms with E-state index in [-0.39, 0.29) is 12.5 Å². The lowest BCUT2D eigenvalue weighted by Crippen LogP contribution is -2.28. The van der Waals surface area contributed by atoms with Crippen LogP contribution in [-0.4, -0.2) is 25.6 Å². The third kappa shape index (κ3) is 6.13. The number of ether oxygens (including phenoxy) is 2. The molecule has 0 aliphatic rings. The van der Waals surface area contributed by atoms with Gasteiger partial charge in [0.25, 0.3) is 5.91 Å². The van der Waals surface area contributed by atoms with Gasteiger partial charge in [-0.25, -0.2) is 4.79 Å². The van der Waals surface area contributed by atoms with E-state index >= 15 is 0 Å². The number of hydrogen-bond donors (Lipinski definition) is 1. The molecule has 0 aliphatic heterocycles. The molecule has 0 aromatic heterocycles. The van der Waals surface area contributed by atoms with Crippen molar-refractivity contribution in [1.82, 2.24) is 5.32 Å². The Morgan fingerprint density at radius 3 is 2.42 bits per heavy atom. The van der Waals surface area contributed by atoms with Gasteiger partial charge in [-0.1, -0.05) is 24.3 Å². The van der Waals surface area contributed by atoms with Crippen LogP contribution in [0.25, 0.3) is 6.08 Å². The zero-order chi connectivity index (χ0) is 18.8. The Balaban J connectivity index is 1.72. The number of carbonyl (C=O) groups is 2. The molecule has 0 fully saturated rings. The van der Waals surface area contributed by atoms with Crippen molar-refractivity contribution in [2.45, 2.75) is 6.54 Å². The Bertz CT molecular complexity index is 818. The van der Waals surface area contributed by atoms with Gasteiger partial charge < -0.3 is 14.8 Å². The van der Waals surface area contributed by atoms with E-state index in [1.54, 1.807) is 49.6 Å². The maximum Gasteiger partial charge on any atom is 0.331 e. The molecule has 1 N–H and O–H groups in total. The molecule has 0 atom stereocenters. The fourth-order valence-electron chi connectivity index (χ4n) is 2.01. The summed E-state index contributed by atoms with van der Waals surface area (Å²) in [6, 6.07) is 16.0. The molecular formula is C20H18N2O4. The van der Waals surface area contributed by atoms with Gasteiger partial charge in [0.1, 0.15) is 5.75 Å². The largest absolute Gasteiger partial charge is 0.497 e. The summed E-state index contributed by atoms with van der Waals surface area (Å²) in [7, 11) is 1.58. The second-order valence-electron chi connectivity index (χ2n) is 5.30. The first-order valence-electron chi connectivity index (χ1n) is 7.85. The van der Waals surface area contributed by atoms with Crippen LogP contribution in [0.3, 0.4) is 0 Å². The van der Waals surface area contributed by atoms with Crippen molar-refractivity contribution in [3.05, 3.63) is 71.3 Å². The minimum absolute atomic E-state index is 0.335. The van der Waals surface area contributed by atoms with Crippen molar-refractivity contribution < 1.29 is 19.1 Å². The highest BCUT2D eigenvalue weighted by Gasteiger charge is 2.05. The van der Waals surface area contributed by atoms with E-state index in [0.717, 1.165) is 16.9 Å². The fraction of sp³-hybridized carbons (Fsp3) is 0.150. The molecule has 0 heterocycles. The average Bonchev–Trinajstić information content (AvgIpc) is 2.69. The maximum absolute atomic E-state index is 11.7. The van der Waals surface area contributed by atoms with Crippen LogP contribution in [0.1, 0.15) is 16.7 Å². The standard InChI is InChI=1S/C20H18N2O4/c1-25-18-9-6-17(7-10-18)13-22-19(23)14-26-20(24)11-8-15-2-4-16(12-21)5-3-15/h2-11H,13-14H2,1H3,(H,22,23)/b11-8+. The Labute approximate surface area is 151 Å². The van der Waals surface area contributed by atoms with Gasteiger partial charge in [-0.3, -0.25) is 4.79 Å². The Hall–Kier alpha value is -3.59. The van der Waals surface area contributed by atoms with Crippen LogP contribution < -0.4 is 10.1 Å². The minimum Gasteiger partial charge on any atom is -0.497 e. The molecule has 0 saturated heterocycles. The van der Waals surface area contributed by atoms with Gasteiger partial charge in [0.2, 0.25) is 0 Å². The number of methoxy groups -OCH3 is 1. The molecule has 2 rings (SSSR count). The van der Waals surface area contributed by atoms with Crippen LogP contribution in [0.4, 0.5) is 0 Å². The van der Waals surface area contributed by atoms with Gasteiger partial charge in [-0.2, -0.15) is 5.26 Å². The van der Waals surface area contributed by atoms with Crippen LogP contribution in [0.5, 0.6) is 5.75 Å². The van der Waals surface area contributed by atoms with E-state index in [2.05, 4.69) is 5.32 Å². The molecule has 0 bridgehead atoms. The molecule has 0 aliphatic carbocycles. The molecule has 132 valence electrons. The second-order valence-corrected chi connectivity index (χ2v) is 5.30. The molecule has 0 saturated carbocycles. The number of rotatable bonds is 7. The molecule has 6 nitrogen and oxygen atoms in total. The van der Waals surface area contributed by atoms with Crippen molar-refractivity contribution in [2.75, 3.05) is 13.7 Å². The number of amides is 1. The first-order valence-corrected chi connectivity index (χ1v) is 7.85. The number of benzene rings is 2. The summed E-state index contributed by atoms with van der Waals surface area (Å²) < 4.78 is 9.95. The summed E-state index contributed by atoms with van der Waals surface area (Å²) in [5.41, 5.74) is 2.20. The first kappa shape index (κ1) is 18.7. The maximum atomic E-state index is 11.7. The van der Waals surface area contributed by atoms with Crippen LogP contribution in [0.15, 0.2) is 54.6 Å². The van der Waals surface area contributed by atoms with E-state index in [1.165, 1.54) is 6.08 Å². The molecule has 26 heavy (non-hydrogen) atoms. The summed E-state index contributed by atoms with van der Waals surface area (Å²) in [5.74, 6) is -0.266. The fourth-order valence-corrected chi connectivity index (χ4v) is 2.01. The number of nitrogens with one attached hydrogen (secondary N) is 1. The lowest BCUT2D eigenvalue weighted by atomic mass is 10.1. The van der Waals surface area contributed by atoms with E-state index < -0.39 is 5.97 Å². The molecule has 0 unspecified atom stereocenters. The van der Waals surface area contributed by atoms with Crippen molar-refractivity contribution >= 4 is 18.0 Å². The third-order valence-corrected chi connectivity index (χ3v) is 3.45. The van der Waals surface area contributed by atoms with Crippen molar-refractivity contribution in [2.24, 2.45) is 0 Å². The van der Waals surface area contributed by atoms with E-state index in [0.29, 0.717) is 12.1 Å². The van der Waals surface area contributed by atoms with Crippen LogP contribution in [-0.2, 0) is 20.9 Å². The SMILES string of the molecule is COc1ccc(CNC(=O)COC(=O)/C=C/c2ccc(C#N)cc2)cc1. The van der Waals surface area contributed by atoms with Crippen molar-refractivity contribution in [3.63, 3.8) is 0 Å². The lowest BCUT2D eigenvalue weighted by Gasteiger charge is -2.06. The number of nitriles is 1. The highest BCUT2D eigenvalue weighted by molar-refractivity contribution is 5.89. The van der Waals surface area contributed by atoms with Gasteiger partial charge in [-0.05, 0) is 41.5 Å². The topological polar surface area (TPSA) is 88.4 Å². The Kier molecular flexibility index (Phi) is 6.95. The summed E-state index contributed by atoms with van der Waals surface area (Å²) in [5, 5.41) is 11.4. The Morgan fingerprint density at radius 1 is 1.12 bits per heavy atom. The lowest BCUT2D eigenvalue weighted by molar-refractivity contribution is -0.143. The molecule has 2 aromatic rings. The van der Waals surface area contributed by atoms with Gasteiger partial charge in [0.15, 0.2) is 6.61 Å². The summed E-state index contributed by atoms with van der Waals surface area (Å²) in [6.45, 7) is -0.0197.